The molecule has 0 saturated carbocycles. The summed E-state index contributed by atoms with van der Waals surface area (Å²) >= 11 is 0. The summed E-state index contributed by atoms with van der Waals surface area (Å²) < 4.78 is 15.3. The number of hydrogen-bond acceptors (Lipinski definition) is 3. The molecule has 0 radical (unpaired) electrons. The molecule has 0 amide bonds. The van der Waals surface area contributed by atoms with Crippen molar-refractivity contribution in [2.75, 3.05) is 13.2 Å². The van der Waals surface area contributed by atoms with Crippen LogP contribution in [0, 0.1) is 0 Å². The molecule has 0 aliphatic carbocycles. The quantitative estimate of drug-likeness (QED) is 0.432. The van der Waals surface area contributed by atoms with Crippen molar-refractivity contribution in [1.82, 2.24) is 0 Å². The molecule has 52 valence electrons. The summed E-state index contributed by atoms with van der Waals surface area (Å²) in [6.45, 7) is 1.20. The van der Waals surface area contributed by atoms with Gasteiger partial charge in [-0.15, -0.1) is 0 Å². The minimum Gasteiger partial charge on any atom is -0.552 e. The van der Waals surface area contributed by atoms with Crippen LogP contribution in [0.25, 0.3) is 0 Å². The SMILES string of the molecule is [SiH3]OC1=C(O[SiH3])COC1. The minimum atomic E-state index is 0.598. The summed E-state index contributed by atoms with van der Waals surface area (Å²) in [6, 6.07) is 0. The lowest BCUT2D eigenvalue weighted by Gasteiger charge is -2.02. The van der Waals surface area contributed by atoms with Gasteiger partial charge in [0.25, 0.3) is 0 Å². The van der Waals surface area contributed by atoms with Crippen LogP contribution in [0.1, 0.15) is 0 Å². The zero-order chi connectivity index (χ0) is 6.69. The largest absolute Gasteiger partial charge is 0.552 e. The van der Waals surface area contributed by atoms with Crippen LogP contribution in [0.3, 0.4) is 0 Å². The first-order chi connectivity index (χ1) is 4.38. The first kappa shape index (κ1) is 6.85. The molecule has 1 heterocycles. The lowest BCUT2D eigenvalue weighted by atomic mass is 10.5. The van der Waals surface area contributed by atoms with Crippen LogP contribution < -0.4 is 0 Å². The van der Waals surface area contributed by atoms with Crippen LogP contribution in [0.5, 0.6) is 0 Å². The Morgan fingerprint density at radius 1 is 1.11 bits per heavy atom. The molecule has 0 aromatic rings. The monoisotopic (exact) mass is 162 g/mol. The third kappa shape index (κ3) is 1.35. The van der Waals surface area contributed by atoms with E-state index in [1.807, 2.05) is 0 Å². The van der Waals surface area contributed by atoms with Crippen LogP contribution >= 0.6 is 0 Å². The molecule has 0 fully saturated rings. The predicted molar refractivity (Wildman–Crippen MR) is 39.9 cm³/mol. The Balaban J connectivity index is 2.59. The van der Waals surface area contributed by atoms with E-state index in [0.717, 1.165) is 32.5 Å². The molecule has 0 aromatic carbocycles. The molecule has 0 unspecified atom stereocenters. The van der Waals surface area contributed by atoms with Gasteiger partial charge in [-0.1, -0.05) is 0 Å². The van der Waals surface area contributed by atoms with E-state index in [1.165, 1.54) is 0 Å². The molecule has 1 aliphatic heterocycles. The maximum absolute atomic E-state index is 5.11. The third-order valence-corrected chi connectivity index (χ3v) is 2.26. The Bertz CT molecular complexity index is 120. The third-order valence-electron chi connectivity index (χ3n) is 1.27. The van der Waals surface area contributed by atoms with Crippen molar-refractivity contribution >= 4 is 21.0 Å². The van der Waals surface area contributed by atoms with E-state index in [1.54, 1.807) is 0 Å². The van der Waals surface area contributed by atoms with Gasteiger partial charge in [0, 0.05) is 0 Å². The Morgan fingerprint density at radius 2 is 1.56 bits per heavy atom. The van der Waals surface area contributed by atoms with Crippen molar-refractivity contribution in [2.24, 2.45) is 0 Å². The Labute approximate surface area is 60.1 Å². The van der Waals surface area contributed by atoms with E-state index in [9.17, 15) is 0 Å². The lowest BCUT2D eigenvalue weighted by molar-refractivity contribution is 0.177. The standard InChI is InChI=1S/C4H10O3Si2/c8-6-3-1-5-2-4(3)7-9/h1-2H2,8-9H3. The van der Waals surface area contributed by atoms with Gasteiger partial charge in [-0.25, -0.2) is 0 Å². The summed E-state index contributed by atoms with van der Waals surface area (Å²) in [5, 5.41) is 0. The number of rotatable bonds is 2. The highest BCUT2D eigenvalue weighted by Gasteiger charge is 2.14. The average Bonchev–Trinajstić information content (AvgIpc) is 2.33. The molecular weight excluding hydrogens is 152 g/mol. The molecule has 0 spiro atoms. The van der Waals surface area contributed by atoms with Gasteiger partial charge >= 0.3 is 0 Å². The Morgan fingerprint density at radius 3 is 1.89 bits per heavy atom. The second-order valence-electron chi connectivity index (χ2n) is 1.75. The molecule has 1 rings (SSSR count). The summed E-state index contributed by atoms with van der Waals surface area (Å²) in [6.07, 6.45) is 0. The van der Waals surface area contributed by atoms with Gasteiger partial charge in [0.15, 0.2) is 0 Å². The van der Waals surface area contributed by atoms with Crippen molar-refractivity contribution in [3.8, 4) is 0 Å². The van der Waals surface area contributed by atoms with Crippen molar-refractivity contribution in [1.29, 1.82) is 0 Å². The van der Waals surface area contributed by atoms with Crippen LogP contribution in [-0.2, 0) is 13.6 Å². The van der Waals surface area contributed by atoms with E-state index in [2.05, 4.69) is 0 Å². The van der Waals surface area contributed by atoms with Gasteiger partial charge in [-0.3, -0.25) is 0 Å². The van der Waals surface area contributed by atoms with E-state index in [-0.39, 0.29) is 0 Å². The van der Waals surface area contributed by atoms with Crippen LogP contribution in [0.15, 0.2) is 11.5 Å². The zero-order valence-electron chi connectivity index (χ0n) is 5.64. The molecule has 1 aliphatic rings. The second-order valence-corrected chi connectivity index (χ2v) is 2.56. The highest BCUT2D eigenvalue weighted by molar-refractivity contribution is 5.99. The number of hydrogen-bond donors (Lipinski definition) is 0. The topological polar surface area (TPSA) is 27.7 Å². The van der Waals surface area contributed by atoms with Crippen molar-refractivity contribution in [2.45, 2.75) is 0 Å². The summed E-state index contributed by atoms with van der Waals surface area (Å²) in [7, 11) is 1.44. The van der Waals surface area contributed by atoms with Gasteiger partial charge < -0.3 is 13.6 Å². The van der Waals surface area contributed by atoms with E-state index < -0.39 is 0 Å². The molecule has 3 nitrogen and oxygen atoms in total. The smallest absolute Gasteiger partial charge is 0.204 e. The molecule has 5 heteroatoms. The molecule has 0 N–H and O–H groups in total. The molecule has 0 bridgehead atoms. The highest BCUT2D eigenvalue weighted by atomic mass is 28.2. The van der Waals surface area contributed by atoms with Gasteiger partial charge in [0.05, 0.1) is 0 Å². The molecule has 0 atom stereocenters. The molecule has 9 heavy (non-hydrogen) atoms. The molecular formula is C4H10O3Si2. The van der Waals surface area contributed by atoms with E-state index >= 15 is 0 Å². The maximum Gasteiger partial charge on any atom is 0.204 e. The van der Waals surface area contributed by atoms with Crippen molar-refractivity contribution in [3.05, 3.63) is 11.5 Å². The van der Waals surface area contributed by atoms with Gasteiger partial charge in [0.2, 0.25) is 21.0 Å². The van der Waals surface area contributed by atoms with E-state index in [4.69, 9.17) is 13.6 Å². The molecule has 0 saturated heterocycles. The maximum atomic E-state index is 5.11. The fourth-order valence-electron chi connectivity index (χ4n) is 0.743. The number of ether oxygens (including phenoxy) is 1. The fraction of sp³-hybridized carbons (Fsp3) is 0.500. The van der Waals surface area contributed by atoms with Crippen LogP contribution in [-0.4, -0.2) is 34.2 Å². The summed E-state index contributed by atoms with van der Waals surface area (Å²) in [4.78, 5) is 0. The van der Waals surface area contributed by atoms with Crippen LogP contribution in [0.4, 0.5) is 0 Å². The van der Waals surface area contributed by atoms with Gasteiger partial charge in [0.1, 0.15) is 24.7 Å². The highest BCUT2D eigenvalue weighted by Crippen LogP contribution is 2.13. The average molecular weight is 162 g/mol. The zero-order valence-corrected chi connectivity index (χ0v) is 9.64. The fourth-order valence-corrected chi connectivity index (χ4v) is 1.43. The first-order valence-electron chi connectivity index (χ1n) is 2.76. The molecule has 0 aromatic heterocycles. The first-order valence-corrected chi connectivity index (χ1v) is 4.39. The second kappa shape index (κ2) is 3.04. The van der Waals surface area contributed by atoms with Crippen LogP contribution in [0.2, 0.25) is 0 Å². The summed E-state index contributed by atoms with van der Waals surface area (Å²) in [5.74, 6) is 1.80. The van der Waals surface area contributed by atoms with Gasteiger partial charge in [-0.2, -0.15) is 0 Å². The van der Waals surface area contributed by atoms with Crippen molar-refractivity contribution in [3.63, 3.8) is 0 Å². The normalized spacial score (nSPS) is 19.1. The minimum absolute atomic E-state index is 0.598. The summed E-state index contributed by atoms with van der Waals surface area (Å²) in [5.41, 5.74) is 0. The van der Waals surface area contributed by atoms with Gasteiger partial charge in [-0.05, 0) is 0 Å². The van der Waals surface area contributed by atoms with E-state index in [0.29, 0.717) is 13.2 Å². The Kier molecular flexibility index (Phi) is 2.32. The van der Waals surface area contributed by atoms with Crippen molar-refractivity contribution < 1.29 is 13.6 Å². The Hall–Kier alpha value is -0.266. The lowest BCUT2D eigenvalue weighted by Crippen LogP contribution is -1.94. The predicted octanol–water partition coefficient (Wildman–Crippen LogP) is -2.18.